The molecule has 0 aliphatic heterocycles. The summed E-state index contributed by atoms with van der Waals surface area (Å²) in [6, 6.07) is 8.72. The Labute approximate surface area is 157 Å². The van der Waals surface area contributed by atoms with Crippen LogP contribution >= 0.6 is 11.6 Å². The minimum atomic E-state index is -0.457. The van der Waals surface area contributed by atoms with Crippen molar-refractivity contribution in [3.63, 3.8) is 0 Å². The van der Waals surface area contributed by atoms with Crippen LogP contribution in [0.1, 0.15) is 43.7 Å². The lowest BCUT2D eigenvalue weighted by Crippen LogP contribution is -2.22. The van der Waals surface area contributed by atoms with Crippen LogP contribution in [0.4, 0.5) is 11.4 Å². The third-order valence-electron chi connectivity index (χ3n) is 4.08. The van der Waals surface area contributed by atoms with Crippen LogP contribution in [-0.4, -0.2) is 9.67 Å². The molecule has 0 fully saturated rings. The van der Waals surface area contributed by atoms with Gasteiger partial charge in [0.15, 0.2) is 5.69 Å². The van der Waals surface area contributed by atoms with Crippen LogP contribution in [0, 0.1) is 18.3 Å². The van der Waals surface area contributed by atoms with E-state index >= 15 is 0 Å². The molecule has 136 valence electrons. The molecule has 1 aromatic heterocycles. The maximum atomic E-state index is 12.7. The summed E-state index contributed by atoms with van der Waals surface area (Å²) in [6.07, 6.45) is 3.79. The van der Waals surface area contributed by atoms with E-state index in [0.717, 1.165) is 25.7 Å². The lowest BCUT2D eigenvalue weighted by Gasteiger charge is -2.12. The Morgan fingerprint density at radius 1 is 1.27 bits per heavy atom. The summed E-state index contributed by atoms with van der Waals surface area (Å²) in [4.78, 5) is 12.7. The van der Waals surface area contributed by atoms with Crippen LogP contribution in [0.3, 0.4) is 0 Å². The molecule has 0 amide bonds. The molecule has 1 N–H and O–H groups in total. The number of pyridine rings is 1. The molecule has 0 bridgehead atoms. The van der Waals surface area contributed by atoms with E-state index in [1.54, 1.807) is 31.2 Å². The minimum Gasteiger partial charge on any atom is -0.493 e. The Balaban J connectivity index is 2.45. The Bertz CT molecular complexity index is 913. The average molecular weight is 373 g/mol. The molecule has 6 nitrogen and oxygen atoms in total. The normalized spacial score (nSPS) is 11.0. The van der Waals surface area contributed by atoms with Crippen LogP contribution in [0.2, 0.25) is 5.02 Å². The van der Waals surface area contributed by atoms with Gasteiger partial charge in [0.2, 0.25) is 5.88 Å². The lowest BCUT2D eigenvalue weighted by atomic mass is 10.1. The highest BCUT2D eigenvalue weighted by Crippen LogP contribution is 2.27. The maximum Gasteiger partial charge on any atom is 0.281 e. The van der Waals surface area contributed by atoms with Gasteiger partial charge in [0.25, 0.3) is 5.56 Å². The molecule has 0 atom stereocenters. The molecule has 0 aliphatic carbocycles. The van der Waals surface area contributed by atoms with Crippen molar-refractivity contribution in [3.8, 4) is 11.9 Å². The van der Waals surface area contributed by atoms with Gasteiger partial charge in [0.05, 0.1) is 5.69 Å². The number of unbranched alkanes of at least 4 members (excludes halogenated alkanes) is 3. The van der Waals surface area contributed by atoms with Gasteiger partial charge < -0.3 is 5.11 Å². The second kappa shape index (κ2) is 9.16. The van der Waals surface area contributed by atoms with Crippen molar-refractivity contribution in [1.82, 2.24) is 4.57 Å². The first-order valence-corrected chi connectivity index (χ1v) is 8.91. The Hall–Kier alpha value is -2.65. The lowest BCUT2D eigenvalue weighted by molar-refractivity contribution is 0.397. The molecule has 0 radical (unpaired) electrons. The van der Waals surface area contributed by atoms with E-state index in [1.165, 1.54) is 4.57 Å². The number of nitriles is 1. The van der Waals surface area contributed by atoms with Gasteiger partial charge in [-0.3, -0.25) is 9.36 Å². The molecular formula is C19H21ClN4O2. The van der Waals surface area contributed by atoms with Crippen molar-refractivity contribution in [2.24, 2.45) is 10.2 Å². The third kappa shape index (κ3) is 4.50. The molecular weight excluding hydrogens is 352 g/mol. The van der Waals surface area contributed by atoms with E-state index < -0.39 is 5.56 Å². The zero-order chi connectivity index (χ0) is 19.1. The van der Waals surface area contributed by atoms with Crippen molar-refractivity contribution < 1.29 is 5.11 Å². The van der Waals surface area contributed by atoms with Gasteiger partial charge in [-0.2, -0.15) is 10.4 Å². The van der Waals surface area contributed by atoms with Crippen molar-refractivity contribution in [1.29, 1.82) is 5.26 Å². The highest BCUT2D eigenvalue weighted by atomic mass is 35.5. The fraction of sp³-hybridized carbons (Fsp3) is 0.368. The number of aromatic hydroxyl groups is 1. The molecule has 2 rings (SSSR count). The number of azo groups is 1. The van der Waals surface area contributed by atoms with Gasteiger partial charge in [-0.25, -0.2) is 0 Å². The van der Waals surface area contributed by atoms with Gasteiger partial charge in [-0.05, 0) is 31.5 Å². The number of hydrogen-bond donors (Lipinski definition) is 1. The van der Waals surface area contributed by atoms with Gasteiger partial charge in [-0.15, -0.1) is 5.11 Å². The van der Waals surface area contributed by atoms with Crippen molar-refractivity contribution in [2.45, 2.75) is 46.1 Å². The predicted molar refractivity (Wildman–Crippen MR) is 102 cm³/mol. The van der Waals surface area contributed by atoms with Gasteiger partial charge in [0, 0.05) is 17.1 Å². The molecule has 0 spiro atoms. The molecule has 1 heterocycles. The smallest absolute Gasteiger partial charge is 0.281 e. The highest BCUT2D eigenvalue weighted by molar-refractivity contribution is 6.30. The number of hydrogen-bond acceptors (Lipinski definition) is 5. The van der Waals surface area contributed by atoms with Crippen molar-refractivity contribution >= 4 is 23.0 Å². The zero-order valence-electron chi connectivity index (χ0n) is 14.9. The molecule has 2 aromatic rings. The van der Waals surface area contributed by atoms with Crippen LogP contribution in [0.5, 0.6) is 5.88 Å². The second-order valence-electron chi connectivity index (χ2n) is 5.98. The van der Waals surface area contributed by atoms with E-state index in [-0.39, 0.29) is 17.1 Å². The molecule has 1 aromatic carbocycles. The Morgan fingerprint density at radius 3 is 2.69 bits per heavy atom. The zero-order valence-corrected chi connectivity index (χ0v) is 15.6. The number of benzene rings is 1. The molecule has 26 heavy (non-hydrogen) atoms. The SMILES string of the molecule is CCCCCCn1c(O)c(C#N)c(C)c(N=Nc2cccc(Cl)c2)c1=O. The molecule has 0 saturated carbocycles. The average Bonchev–Trinajstić information content (AvgIpc) is 2.61. The van der Waals surface area contributed by atoms with Crippen LogP contribution in [0.25, 0.3) is 0 Å². The minimum absolute atomic E-state index is 0.0418. The largest absolute Gasteiger partial charge is 0.493 e. The summed E-state index contributed by atoms with van der Waals surface area (Å²) in [5.74, 6) is -0.312. The first-order valence-electron chi connectivity index (χ1n) is 8.53. The third-order valence-corrected chi connectivity index (χ3v) is 4.31. The predicted octanol–water partition coefficient (Wildman–Crippen LogP) is 5.38. The first kappa shape index (κ1) is 19.7. The number of nitrogens with zero attached hydrogens (tertiary/aromatic N) is 4. The summed E-state index contributed by atoms with van der Waals surface area (Å²) < 4.78 is 1.20. The summed E-state index contributed by atoms with van der Waals surface area (Å²) in [6.45, 7) is 4.00. The fourth-order valence-electron chi connectivity index (χ4n) is 2.61. The Morgan fingerprint density at radius 2 is 2.04 bits per heavy atom. The summed E-state index contributed by atoms with van der Waals surface area (Å²) >= 11 is 5.92. The monoisotopic (exact) mass is 372 g/mol. The highest BCUT2D eigenvalue weighted by Gasteiger charge is 2.18. The van der Waals surface area contributed by atoms with E-state index in [9.17, 15) is 15.2 Å². The topological polar surface area (TPSA) is 90.7 Å². The second-order valence-corrected chi connectivity index (χ2v) is 6.42. The van der Waals surface area contributed by atoms with E-state index in [0.29, 0.717) is 22.8 Å². The Kier molecular flexibility index (Phi) is 6.93. The van der Waals surface area contributed by atoms with Gasteiger partial charge in [-0.1, -0.05) is 43.9 Å². The summed E-state index contributed by atoms with van der Waals surface area (Å²) in [5.41, 5.74) is 0.444. The number of halogens is 1. The fourth-order valence-corrected chi connectivity index (χ4v) is 2.79. The van der Waals surface area contributed by atoms with Crippen LogP contribution in [-0.2, 0) is 6.54 Å². The molecule has 0 saturated heterocycles. The van der Waals surface area contributed by atoms with Crippen LogP contribution < -0.4 is 5.56 Å². The quantitative estimate of drug-likeness (QED) is 0.522. The first-order chi connectivity index (χ1) is 12.5. The van der Waals surface area contributed by atoms with Crippen molar-refractivity contribution in [2.75, 3.05) is 0 Å². The summed E-state index contributed by atoms with van der Waals surface area (Å²) in [7, 11) is 0. The summed E-state index contributed by atoms with van der Waals surface area (Å²) in [5, 5.41) is 28.3. The van der Waals surface area contributed by atoms with Gasteiger partial charge in [0.1, 0.15) is 11.6 Å². The van der Waals surface area contributed by atoms with E-state index in [1.807, 2.05) is 6.07 Å². The van der Waals surface area contributed by atoms with Gasteiger partial charge >= 0.3 is 0 Å². The number of rotatable bonds is 7. The number of aromatic nitrogens is 1. The van der Waals surface area contributed by atoms with Crippen LogP contribution in [0.15, 0.2) is 39.3 Å². The molecule has 0 aliphatic rings. The van der Waals surface area contributed by atoms with E-state index in [2.05, 4.69) is 17.2 Å². The molecule has 0 unspecified atom stereocenters. The standard InChI is InChI=1S/C19H21ClN4O2/c1-3-4-5-6-10-24-18(25)16(12-21)13(2)17(19(24)26)23-22-15-9-7-8-14(20)11-15/h7-9,11,25H,3-6,10H2,1-2H3. The van der Waals surface area contributed by atoms with E-state index in [4.69, 9.17) is 11.6 Å². The van der Waals surface area contributed by atoms with Crippen molar-refractivity contribution in [3.05, 3.63) is 50.8 Å². The maximum absolute atomic E-state index is 12.7. The molecule has 7 heteroatoms.